The number of esters is 2. The molecule has 2 aromatic carbocycles. The fourth-order valence-corrected chi connectivity index (χ4v) is 2.99. The first-order valence-corrected chi connectivity index (χ1v) is 8.98. The van der Waals surface area contributed by atoms with Gasteiger partial charge < -0.3 is 13.9 Å². The Hall–Kier alpha value is -3.08. The lowest BCUT2D eigenvalue weighted by atomic mass is 10.0. The van der Waals surface area contributed by atoms with Gasteiger partial charge in [-0.25, -0.2) is 4.79 Å². The zero-order valence-electron chi connectivity index (χ0n) is 15.7. The highest BCUT2D eigenvalue weighted by Crippen LogP contribution is 2.30. The Balaban J connectivity index is 1.87. The number of hydrogen-bond donors (Lipinski definition) is 0. The topological polar surface area (TPSA) is 65.7 Å². The second-order valence-corrected chi connectivity index (χ2v) is 6.17. The van der Waals surface area contributed by atoms with Gasteiger partial charge in [-0.15, -0.1) is 0 Å². The first kappa shape index (κ1) is 18.7. The average molecular weight is 366 g/mol. The van der Waals surface area contributed by atoms with Crippen molar-refractivity contribution in [2.45, 2.75) is 27.2 Å². The van der Waals surface area contributed by atoms with Crippen molar-refractivity contribution in [3.8, 4) is 11.1 Å². The highest BCUT2D eigenvalue weighted by molar-refractivity contribution is 5.97. The molecular formula is C22H22O5. The molecule has 1 aromatic heterocycles. The van der Waals surface area contributed by atoms with Gasteiger partial charge in [0.15, 0.2) is 0 Å². The lowest BCUT2D eigenvalue weighted by molar-refractivity contribution is -0.142. The first-order chi connectivity index (χ1) is 13.0. The molecule has 3 rings (SSSR count). The highest BCUT2D eigenvalue weighted by atomic mass is 16.5. The maximum Gasteiger partial charge on any atom is 0.374 e. The summed E-state index contributed by atoms with van der Waals surface area (Å²) in [5.74, 6) is -0.433. The van der Waals surface area contributed by atoms with E-state index in [1.54, 1.807) is 13.8 Å². The Labute approximate surface area is 157 Å². The van der Waals surface area contributed by atoms with Crippen LogP contribution in [0, 0.1) is 6.92 Å². The molecule has 0 saturated carbocycles. The fraction of sp³-hybridized carbons (Fsp3) is 0.273. The van der Waals surface area contributed by atoms with Crippen molar-refractivity contribution in [1.29, 1.82) is 0 Å². The molecule has 0 fully saturated rings. The fourth-order valence-electron chi connectivity index (χ4n) is 2.99. The van der Waals surface area contributed by atoms with E-state index in [1.807, 2.05) is 49.4 Å². The Morgan fingerprint density at radius 1 is 0.926 bits per heavy atom. The summed E-state index contributed by atoms with van der Waals surface area (Å²) >= 11 is 0. The van der Waals surface area contributed by atoms with E-state index in [9.17, 15) is 9.59 Å². The molecule has 0 atom stereocenters. The zero-order chi connectivity index (χ0) is 19.4. The van der Waals surface area contributed by atoms with Gasteiger partial charge >= 0.3 is 11.9 Å². The van der Waals surface area contributed by atoms with Crippen LogP contribution in [0.5, 0.6) is 0 Å². The Morgan fingerprint density at radius 2 is 1.59 bits per heavy atom. The lowest BCUT2D eigenvalue weighted by Gasteiger charge is -2.05. The Kier molecular flexibility index (Phi) is 5.60. The van der Waals surface area contributed by atoms with Gasteiger partial charge in [-0.3, -0.25) is 4.79 Å². The van der Waals surface area contributed by atoms with Crippen LogP contribution in [-0.2, 0) is 20.7 Å². The number of carbonyl (C=O) groups excluding carboxylic acids is 2. The smallest absolute Gasteiger partial charge is 0.374 e. The predicted octanol–water partition coefficient (Wildman–Crippen LogP) is 4.69. The molecule has 1 heterocycles. The summed E-state index contributed by atoms with van der Waals surface area (Å²) in [5, 5.41) is 0.881. The molecule has 0 saturated heterocycles. The van der Waals surface area contributed by atoms with E-state index in [2.05, 4.69) is 0 Å². The SMILES string of the molecule is CCOC(=O)Cc1ccc(-c2ccc3oc(C(=O)OCC)c(C)c3c2)cc1. The third-order valence-electron chi connectivity index (χ3n) is 4.34. The van der Waals surface area contributed by atoms with Gasteiger partial charge in [-0.05, 0) is 49.6 Å². The van der Waals surface area contributed by atoms with Crippen LogP contribution in [-0.4, -0.2) is 25.2 Å². The molecule has 0 radical (unpaired) electrons. The van der Waals surface area contributed by atoms with Crippen molar-refractivity contribution in [2.75, 3.05) is 13.2 Å². The molecule has 0 amide bonds. The molecule has 3 aromatic rings. The van der Waals surface area contributed by atoms with Crippen molar-refractivity contribution in [2.24, 2.45) is 0 Å². The summed E-state index contributed by atoms with van der Waals surface area (Å²) < 4.78 is 15.7. The summed E-state index contributed by atoms with van der Waals surface area (Å²) in [6.45, 7) is 6.10. The van der Waals surface area contributed by atoms with Crippen LogP contribution < -0.4 is 0 Å². The minimum Gasteiger partial charge on any atom is -0.466 e. The minimum atomic E-state index is -0.448. The van der Waals surface area contributed by atoms with Crippen LogP contribution in [0.25, 0.3) is 22.1 Å². The summed E-state index contributed by atoms with van der Waals surface area (Å²) in [7, 11) is 0. The van der Waals surface area contributed by atoms with E-state index >= 15 is 0 Å². The second kappa shape index (κ2) is 8.08. The van der Waals surface area contributed by atoms with E-state index in [0.717, 1.165) is 27.6 Å². The maximum atomic E-state index is 12.0. The molecule has 0 aliphatic carbocycles. The molecule has 0 bridgehead atoms. The molecule has 0 aliphatic rings. The number of rotatable bonds is 6. The third-order valence-corrected chi connectivity index (χ3v) is 4.34. The number of carbonyl (C=O) groups is 2. The summed E-state index contributed by atoms with van der Waals surface area (Å²) in [5.41, 5.74) is 4.34. The number of hydrogen-bond acceptors (Lipinski definition) is 5. The zero-order valence-corrected chi connectivity index (χ0v) is 15.7. The molecule has 0 unspecified atom stereocenters. The van der Waals surface area contributed by atoms with Crippen LogP contribution >= 0.6 is 0 Å². The van der Waals surface area contributed by atoms with Gasteiger partial charge in [0.25, 0.3) is 0 Å². The van der Waals surface area contributed by atoms with E-state index < -0.39 is 5.97 Å². The van der Waals surface area contributed by atoms with Crippen LogP contribution in [0.4, 0.5) is 0 Å². The van der Waals surface area contributed by atoms with Crippen molar-refractivity contribution >= 4 is 22.9 Å². The number of ether oxygens (including phenoxy) is 2. The van der Waals surface area contributed by atoms with Gasteiger partial charge in [0.05, 0.1) is 19.6 Å². The second-order valence-electron chi connectivity index (χ2n) is 6.17. The molecular weight excluding hydrogens is 344 g/mol. The largest absolute Gasteiger partial charge is 0.466 e. The standard InChI is InChI=1S/C22H22O5/c1-4-25-20(23)12-15-6-8-16(9-7-15)17-10-11-19-18(13-17)14(3)21(27-19)22(24)26-5-2/h6-11,13H,4-5,12H2,1-3H3. The van der Waals surface area contributed by atoms with E-state index in [-0.39, 0.29) is 18.2 Å². The molecule has 0 N–H and O–H groups in total. The van der Waals surface area contributed by atoms with Crippen LogP contribution in [0.1, 0.15) is 35.5 Å². The molecule has 140 valence electrons. The minimum absolute atomic E-state index is 0.229. The van der Waals surface area contributed by atoms with Crippen molar-refractivity contribution in [1.82, 2.24) is 0 Å². The van der Waals surface area contributed by atoms with Gasteiger partial charge in [-0.1, -0.05) is 30.3 Å². The Morgan fingerprint density at radius 3 is 2.26 bits per heavy atom. The number of furan rings is 1. The Bertz CT molecular complexity index is 966. The quantitative estimate of drug-likeness (QED) is 0.592. The van der Waals surface area contributed by atoms with Crippen LogP contribution in [0.15, 0.2) is 46.9 Å². The molecule has 5 nitrogen and oxygen atoms in total. The monoisotopic (exact) mass is 366 g/mol. The van der Waals surface area contributed by atoms with E-state index in [0.29, 0.717) is 18.8 Å². The van der Waals surface area contributed by atoms with Crippen LogP contribution in [0.2, 0.25) is 0 Å². The van der Waals surface area contributed by atoms with E-state index in [4.69, 9.17) is 13.9 Å². The molecule has 27 heavy (non-hydrogen) atoms. The predicted molar refractivity (Wildman–Crippen MR) is 103 cm³/mol. The molecule has 0 spiro atoms. The van der Waals surface area contributed by atoms with Crippen molar-refractivity contribution < 1.29 is 23.5 Å². The number of fused-ring (bicyclic) bond motifs is 1. The number of aryl methyl sites for hydroxylation is 1. The average Bonchev–Trinajstić information content (AvgIpc) is 2.99. The summed E-state index contributed by atoms with van der Waals surface area (Å²) in [4.78, 5) is 23.6. The lowest BCUT2D eigenvalue weighted by Crippen LogP contribution is -2.07. The summed E-state index contributed by atoms with van der Waals surface area (Å²) in [6, 6.07) is 13.6. The summed E-state index contributed by atoms with van der Waals surface area (Å²) in [6.07, 6.45) is 0.261. The molecule has 5 heteroatoms. The third kappa shape index (κ3) is 4.03. The maximum absolute atomic E-state index is 12.0. The van der Waals surface area contributed by atoms with Gasteiger partial charge in [-0.2, -0.15) is 0 Å². The first-order valence-electron chi connectivity index (χ1n) is 8.98. The van der Waals surface area contributed by atoms with Crippen molar-refractivity contribution in [3.63, 3.8) is 0 Å². The van der Waals surface area contributed by atoms with Gasteiger partial charge in [0.2, 0.25) is 5.76 Å². The normalized spacial score (nSPS) is 10.8. The molecule has 0 aliphatic heterocycles. The van der Waals surface area contributed by atoms with Crippen molar-refractivity contribution in [3.05, 3.63) is 59.4 Å². The highest BCUT2D eigenvalue weighted by Gasteiger charge is 2.19. The van der Waals surface area contributed by atoms with Crippen LogP contribution in [0.3, 0.4) is 0 Å². The van der Waals surface area contributed by atoms with Gasteiger partial charge in [0, 0.05) is 10.9 Å². The van der Waals surface area contributed by atoms with Gasteiger partial charge in [0.1, 0.15) is 5.58 Å². The number of benzene rings is 2. The van der Waals surface area contributed by atoms with E-state index in [1.165, 1.54) is 0 Å².